The number of aliphatic hydroxyl groups excluding tert-OH is 1. The van der Waals surface area contributed by atoms with E-state index >= 15 is 0 Å². The third-order valence-electron chi connectivity index (χ3n) is 3.92. The van der Waals surface area contributed by atoms with E-state index in [4.69, 9.17) is 0 Å². The lowest BCUT2D eigenvalue weighted by Crippen LogP contribution is -2.54. The first-order valence-corrected chi connectivity index (χ1v) is 5.64. The van der Waals surface area contributed by atoms with Gasteiger partial charge in [0.2, 0.25) is 0 Å². The highest BCUT2D eigenvalue weighted by Gasteiger charge is 2.39. The van der Waals surface area contributed by atoms with Crippen molar-refractivity contribution < 1.29 is 5.11 Å². The number of hydrogen-bond acceptors (Lipinski definition) is 2. The smallest absolute Gasteiger partial charge is 0.0569 e. The highest BCUT2D eigenvalue weighted by atomic mass is 16.3. The number of nitrogens with one attached hydrogen (secondary N) is 1. The Morgan fingerprint density at radius 2 is 1.92 bits per heavy atom. The Labute approximate surface area is 80.7 Å². The summed E-state index contributed by atoms with van der Waals surface area (Å²) in [6.45, 7) is 3.29. The molecule has 2 aliphatic rings. The average molecular weight is 183 g/mol. The first-order chi connectivity index (χ1) is 6.21. The van der Waals surface area contributed by atoms with Crippen molar-refractivity contribution in [1.29, 1.82) is 0 Å². The fourth-order valence-corrected chi connectivity index (χ4v) is 3.06. The molecule has 1 saturated heterocycles. The summed E-state index contributed by atoms with van der Waals surface area (Å²) in [6, 6.07) is 0. The highest BCUT2D eigenvalue weighted by Crippen LogP contribution is 2.38. The zero-order valence-electron chi connectivity index (χ0n) is 8.55. The van der Waals surface area contributed by atoms with Crippen LogP contribution < -0.4 is 5.32 Å². The molecule has 1 heterocycles. The monoisotopic (exact) mass is 183 g/mol. The molecule has 1 aliphatic carbocycles. The first kappa shape index (κ1) is 9.47. The molecule has 2 atom stereocenters. The van der Waals surface area contributed by atoms with Gasteiger partial charge in [-0.3, -0.25) is 0 Å². The topological polar surface area (TPSA) is 32.3 Å². The lowest BCUT2D eigenvalue weighted by atomic mass is 9.77. The predicted octanol–water partition coefficient (Wildman–Crippen LogP) is 1.68. The lowest BCUT2D eigenvalue weighted by Gasteiger charge is -2.42. The molecule has 2 rings (SSSR count). The second-order valence-electron chi connectivity index (χ2n) is 4.97. The van der Waals surface area contributed by atoms with E-state index in [1.807, 2.05) is 0 Å². The Morgan fingerprint density at radius 1 is 1.23 bits per heavy atom. The molecule has 0 aromatic rings. The van der Waals surface area contributed by atoms with Gasteiger partial charge in [-0.1, -0.05) is 12.8 Å². The van der Waals surface area contributed by atoms with Gasteiger partial charge in [0.1, 0.15) is 0 Å². The summed E-state index contributed by atoms with van der Waals surface area (Å²) in [5, 5.41) is 13.3. The van der Waals surface area contributed by atoms with E-state index in [9.17, 15) is 5.11 Å². The molecule has 1 aliphatic heterocycles. The van der Waals surface area contributed by atoms with E-state index in [0.29, 0.717) is 0 Å². The van der Waals surface area contributed by atoms with Crippen LogP contribution in [0.25, 0.3) is 0 Å². The van der Waals surface area contributed by atoms with Crippen molar-refractivity contribution in [3.05, 3.63) is 0 Å². The van der Waals surface area contributed by atoms with Gasteiger partial charge in [0.25, 0.3) is 0 Å². The van der Waals surface area contributed by atoms with Crippen molar-refractivity contribution in [1.82, 2.24) is 5.32 Å². The normalized spacial score (nSPS) is 42.5. The average Bonchev–Trinajstić information content (AvgIpc) is 2.55. The van der Waals surface area contributed by atoms with Crippen LogP contribution in [0.2, 0.25) is 0 Å². The molecule has 2 unspecified atom stereocenters. The van der Waals surface area contributed by atoms with E-state index < -0.39 is 0 Å². The van der Waals surface area contributed by atoms with Crippen LogP contribution in [0, 0.1) is 5.92 Å². The van der Waals surface area contributed by atoms with Gasteiger partial charge in [0.05, 0.1) is 6.10 Å². The van der Waals surface area contributed by atoms with Gasteiger partial charge in [-0.15, -0.1) is 0 Å². The maximum atomic E-state index is 9.67. The molecule has 0 spiro atoms. The number of aliphatic hydroxyl groups is 1. The Balaban J connectivity index is 2.00. The third kappa shape index (κ3) is 1.89. The van der Waals surface area contributed by atoms with Crippen LogP contribution in [-0.4, -0.2) is 23.3 Å². The van der Waals surface area contributed by atoms with Gasteiger partial charge in [0.15, 0.2) is 0 Å². The van der Waals surface area contributed by atoms with Gasteiger partial charge in [-0.2, -0.15) is 0 Å². The molecule has 2 fully saturated rings. The quantitative estimate of drug-likeness (QED) is 0.648. The molecule has 13 heavy (non-hydrogen) atoms. The number of rotatable bonds is 1. The van der Waals surface area contributed by atoms with Crippen molar-refractivity contribution in [2.45, 2.75) is 57.1 Å². The Bertz CT molecular complexity index is 177. The standard InChI is InChI=1S/C11H21NO/c1-11(9-4-2-3-5-9)8-10(13)6-7-12-11/h9-10,12-13H,2-8H2,1H3. The molecular formula is C11H21NO. The minimum absolute atomic E-state index is 0.0631. The minimum atomic E-state index is -0.0631. The van der Waals surface area contributed by atoms with Gasteiger partial charge in [-0.05, 0) is 45.1 Å². The van der Waals surface area contributed by atoms with Gasteiger partial charge >= 0.3 is 0 Å². The fourth-order valence-electron chi connectivity index (χ4n) is 3.06. The van der Waals surface area contributed by atoms with Crippen LogP contribution in [0.5, 0.6) is 0 Å². The summed E-state index contributed by atoms with van der Waals surface area (Å²) in [5.41, 5.74) is 0.230. The number of hydrogen-bond donors (Lipinski definition) is 2. The van der Waals surface area contributed by atoms with Crippen molar-refractivity contribution >= 4 is 0 Å². The summed E-state index contributed by atoms with van der Waals surface area (Å²) >= 11 is 0. The van der Waals surface area contributed by atoms with E-state index in [2.05, 4.69) is 12.2 Å². The molecule has 1 saturated carbocycles. The van der Waals surface area contributed by atoms with E-state index in [-0.39, 0.29) is 11.6 Å². The maximum absolute atomic E-state index is 9.67. The predicted molar refractivity (Wildman–Crippen MR) is 53.6 cm³/mol. The van der Waals surface area contributed by atoms with Gasteiger partial charge < -0.3 is 10.4 Å². The van der Waals surface area contributed by atoms with E-state index in [1.54, 1.807) is 0 Å². The summed E-state index contributed by atoms with van der Waals surface area (Å²) in [4.78, 5) is 0. The van der Waals surface area contributed by atoms with E-state index in [1.165, 1.54) is 25.7 Å². The second-order valence-corrected chi connectivity index (χ2v) is 4.97. The summed E-state index contributed by atoms with van der Waals surface area (Å²) in [7, 11) is 0. The molecule has 0 amide bonds. The van der Waals surface area contributed by atoms with Gasteiger partial charge in [-0.25, -0.2) is 0 Å². The Morgan fingerprint density at radius 3 is 2.54 bits per heavy atom. The summed E-state index contributed by atoms with van der Waals surface area (Å²) in [5.74, 6) is 0.808. The van der Waals surface area contributed by atoms with Crippen LogP contribution >= 0.6 is 0 Å². The molecule has 2 heteroatoms. The largest absolute Gasteiger partial charge is 0.393 e. The zero-order valence-corrected chi connectivity index (χ0v) is 8.55. The molecule has 2 nitrogen and oxygen atoms in total. The van der Waals surface area contributed by atoms with Crippen molar-refractivity contribution in [2.24, 2.45) is 5.92 Å². The number of piperidine rings is 1. The summed E-state index contributed by atoms with van der Waals surface area (Å²) < 4.78 is 0. The van der Waals surface area contributed by atoms with Crippen molar-refractivity contribution in [2.75, 3.05) is 6.54 Å². The summed E-state index contributed by atoms with van der Waals surface area (Å²) in [6.07, 6.45) is 7.31. The molecule has 76 valence electrons. The molecule has 0 bridgehead atoms. The Hall–Kier alpha value is -0.0800. The minimum Gasteiger partial charge on any atom is -0.393 e. The molecule has 0 aromatic heterocycles. The van der Waals surface area contributed by atoms with Crippen molar-refractivity contribution in [3.63, 3.8) is 0 Å². The van der Waals surface area contributed by atoms with Crippen LogP contribution in [0.3, 0.4) is 0 Å². The molecule has 2 N–H and O–H groups in total. The Kier molecular flexibility index (Phi) is 2.61. The SMILES string of the molecule is CC1(C2CCCC2)CC(O)CCN1. The van der Waals surface area contributed by atoms with Crippen LogP contribution in [-0.2, 0) is 0 Å². The fraction of sp³-hybridized carbons (Fsp3) is 1.00. The maximum Gasteiger partial charge on any atom is 0.0569 e. The second kappa shape index (κ2) is 3.58. The molecular weight excluding hydrogens is 162 g/mol. The van der Waals surface area contributed by atoms with Crippen LogP contribution in [0.15, 0.2) is 0 Å². The van der Waals surface area contributed by atoms with Crippen LogP contribution in [0.1, 0.15) is 45.4 Å². The molecule has 0 aromatic carbocycles. The molecule has 0 radical (unpaired) electrons. The van der Waals surface area contributed by atoms with Crippen molar-refractivity contribution in [3.8, 4) is 0 Å². The first-order valence-electron chi connectivity index (χ1n) is 5.64. The highest BCUT2D eigenvalue weighted by molar-refractivity contribution is 4.97. The van der Waals surface area contributed by atoms with Gasteiger partial charge in [0, 0.05) is 5.54 Å². The van der Waals surface area contributed by atoms with E-state index in [0.717, 1.165) is 25.3 Å². The lowest BCUT2D eigenvalue weighted by molar-refractivity contribution is 0.0574. The third-order valence-corrected chi connectivity index (χ3v) is 3.92. The zero-order chi connectivity index (χ0) is 9.31. The van der Waals surface area contributed by atoms with Crippen LogP contribution in [0.4, 0.5) is 0 Å².